The molecule has 0 spiro atoms. The Hall–Kier alpha value is -0.930. The summed E-state index contributed by atoms with van der Waals surface area (Å²) in [7, 11) is 0. The van der Waals surface area contributed by atoms with Crippen LogP contribution < -0.4 is 5.32 Å². The van der Waals surface area contributed by atoms with E-state index >= 15 is 0 Å². The van der Waals surface area contributed by atoms with Crippen molar-refractivity contribution in [1.29, 1.82) is 0 Å². The number of rotatable bonds is 2. The van der Waals surface area contributed by atoms with Crippen LogP contribution in [0, 0.1) is 5.82 Å². The maximum atomic E-state index is 12.8. The molecule has 88 valence electrons. The second-order valence-corrected chi connectivity index (χ2v) is 5.15. The molecule has 0 radical (unpaired) electrons. The first-order chi connectivity index (χ1) is 7.55. The predicted molar refractivity (Wildman–Crippen MR) is 63.8 cm³/mol. The summed E-state index contributed by atoms with van der Waals surface area (Å²) < 4.78 is 12.8. The van der Waals surface area contributed by atoms with Crippen molar-refractivity contribution < 1.29 is 4.39 Å². The minimum Gasteiger partial charge on any atom is -0.309 e. The molecule has 1 heterocycles. The average Bonchev–Trinajstić information content (AvgIpc) is 2.20. The minimum absolute atomic E-state index is 0.163. The summed E-state index contributed by atoms with van der Waals surface area (Å²) in [6, 6.07) is 6.79. The minimum atomic E-state index is -0.163. The molecule has 1 saturated heterocycles. The van der Waals surface area contributed by atoms with Crippen molar-refractivity contribution >= 4 is 0 Å². The molecule has 0 aromatic heterocycles. The number of hydrogen-bond donors (Lipinski definition) is 1. The first-order valence-electron chi connectivity index (χ1n) is 5.77. The molecule has 0 amide bonds. The molecule has 2 rings (SSSR count). The van der Waals surface area contributed by atoms with Crippen LogP contribution >= 0.6 is 0 Å². The van der Waals surface area contributed by atoms with E-state index in [0.29, 0.717) is 0 Å². The third kappa shape index (κ3) is 3.03. The van der Waals surface area contributed by atoms with E-state index in [4.69, 9.17) is 0 Å². The summed E-state index contributed by atoms with van der Waals surface area (Å²) in [5.41, 5.74) is 1.36. The van der Waals surface area contributed by atoms with Gasteiger partial charge in [0.15, 0.2) is 0 Å². The van der Waals surface area contributed by atoms with Crippen LogP contribution in [0.5, 0.6) is 0 Å². The number of nitrogens with zero attached hydrogens (tertiary/aromatic N) is 1. The van der Waals surface area contributed by atoms with Gasteiger partial charge in [0.2, 0.25) is 0 Å². The van der Waals surface area contributed by atoms with Gasteiger partial charge >= 0.3 is 0 Å². The van der Waals surface area contributed by atoms with E-state index in [1.54, 1.807) is 0 Å². The van der Waals surface area contributed by atoms with Gasteiger partial charge in [-0.25, -0.2) is 4.39 Å². The normalized spacial score (nSPS) is 20.9. The van der Waals surface area contributed by atoms with Crippen molar-refractivity contribution in [1.82, 2.24) is 10.2 Å². The number of benzene rings is 1. The fraction of sp³-hybridized carbons (Fsp3) is 0.538. The lowest BCUT2D eigenvalue weighted by Gasteiger charge is -2.39. The molecule has 0 aliphatic carbocycles. The summed E-state index contributed by atoms with van der Waals surface area (Å²) in [6.07, 6.45) is 0. The quantitative estimate of drug-likeness (QED) is 0.823. The van der Waals surface area contributed by atoms with Gasteiger partial charge in [-0.2, -0.15) is 0 Å². The molecule has 1 aromatic carbocycles. The summed E-state index contributed by atoms with van der Waals surface area (Å²) in [5, 5.41) is 3.48. The lowest BCUT2D eigenvalue weighted by atomic mass is 10.0. The lowest BCUT2D eigenvalue weighted by molar-refractivity contribution is 0.148. The van der Waals surface area contributed by atoms with Crippen LogP contribution in [0.4, 0.5) is 4.39 Å². The third-order valence-corrected chi connectivity index (χ3v) is 2.97. The number of halogens is 1. The molecule has 1 N–H and O–H groups in total. The van der Waals surface area contributed by atoms with Crippen molar-refractivity contribution in [3.05, 3.63) is 35.6 Å². The second-order valence-electron chi connectivity index (χ2n) is 5.15. The van der Waals surface area contributed by atoms with E-state index in [1.165, 1.54) is 17.7 Å². The van der Waals surface area contributed by atoms with Gasteiger partial charge in [-0.1, -0.05) is 12.1 Å². The second kappa shape index (κ2) is 4.52. The Balaban J connectivity index is 1.97. The van der Waals surface area contributed by atoms with Gasteiger partial charge in [0.05, 0.1) is 0 Å². The predicted octanol–water partition coefficient (Wildman–Crippen LogP) is 2.01. The molecular formula is C13H19FN2. The number of hydrogen-bond acceptors (Lipinski definition) is 2. The Morgan fingerprint density at radius 2 is 2.00 bits per heavy atom. The van der Waals surface area contributed by atoms with E-state index in [9.17, 15) is 4.39 Å². The number of piperazine rings is 1. The molecule has 1 aliphatic heterocycles. The molecule has 3 heteroatoms. The van der Waals surface area contributed by atoms with Gasteiger partial charge in [-0.3, -0.25) is 4.90 Å². The molecule has 0 saturated carbocycles. The molecule has 0 bridgehead atoms. The summed E-state index contributed by atoms with van der Waals surface area (Å²) >= 11 is 0. The Labute approximate surface area is 96.5 Å². The van der Waals surface area contributed by atoms with E-state index in [-0.39, 0.29) is 11.4 Å². The van der Waals surface area contributed by atoms with E-state index in [0.717, 1.165) is 26.2 Å². The SMILES string of the molecule is CC1(C)CN(Cc2ccc(F)cc2)CCN1. The Bertz CT molecular complexity index is 345. The van der Waals surface area contributed by atoms with E-state index in [2.05, 4.69) is 24.1 Å². The topological polar surface area (TPSA) is 15.3 Å². The lowest BCUT2D eigenvalue weighted by Crippen LogP contribution is -2.56. The van der Waals surface area contributed by atoms with Crippen molar-refractivity contribution in [3.8, 4) is 0 Å². The Morgan fingerprint density at radius 1 is 1.31 bits per heavy atom. The molecule has 16 heavy (non-hydrogen) atoms. The van der Waals surface area contributed by atoms with Gasteiger partial charge in [-0.15, -0.1) is 0 Å². The monoisotopic (exact) mass is 222 g/mol. The van der Waals surface area contributed by atoms with E-state index in [1.807, 2.05) is 12.1 Å². The van der Waals surface area contributed by atoms with Gasteiger partial charge in [0.25, 0.3) is 0 Å². The zero-order chi connectivity index (χ0) is 11.6. The maximum absolute atomic E-state index is 12.8. The zero-order valence-electron chi connectivity index (χ0n) is 9.96. The van der Waals surface area contributed by atoms with Crippen molar-refractivity contribution in [2.45, 2.75) is 25.9 Å². The van der Waals surface area contributed by atoms with Crippen LogP contribution in [-0.2, 0) is 6.54 Å². The molecule has 0 unspecified atom stereocenters. The molecule has 1 fully saturated rings. The zero-order valence-corrected chi connectivity index (χ0v) is 9.96. The highest BCUT2D eigenvalue weighted by molar-refractivity contribution is 5.16. The van der Waals surface area contributed by atoms with Gasteiger partial charge in [0, 0.05) is 31.7 Å². The summed E-state index contributed by atoms with van der Waals surface area (Å²) in [4.78, 5) is 2.41. The van der Waals surface area contributed by atoms with E-state index < -0.39 is 0 Å². The Kier molecular flexibility index (Phi) is 3.26. The van der Waals surface area contributed by atoms with Crippen molar-refractivity contribution in [2.75, 3.05) is 19.6 Å². The average molecular weight is 222 g/mol. The highest BCUT2D eigenvalue weighted by Crippen LogP contribution is 2.13. The Morgan fingerprint density at radius 3 is 2.62 bits per heavy atom. The molecule has 1 aliphatic rings. The van der Waals surface area contributed by atoms with Gasteiger partial charge < -0.3 is 5.32 Å². The summed E-state index contributed by atoms with van der Waals surface area (Å²) in [5.74, 6) is -0.163. The first kappa shape index (κ1) is 11.6. The molecule has 1 aromatic rings. The first-order valence-corrected chi connectivity index (χ1v) is 5.77. The van der Waals surface area contributed by atoms with Crippen LogP contribution in [0.3, 0.4) is 0 Å². The summed E-state index contributed by atoms with van der Waals surface area (Å²) in [6.45, 7) is 8.44. The smallest absolute Gasteiger partial charge is 0.123 e. The van der Waals surface area contributed by atoms with Gasteiger partial charge in [-0.05, 0) is 31.5 Å². The van der Waals surface area contributed by atoms with Crippen LogP contribution in [0.15, 0.2) is 24.3 Å². The van der Waals surface area contributed by atoms with Crippen LogP contribution in [-0.4, -0.2) is 30.1 Å². The van der Waals surface area contributed by atoms with Gasteiger partial charge in [0.1, 0.15) is 5.82 Å². The fourth-order valence-corrected chi connectivity index (χ4v) is 2.23. The molecular weight excluding hydrogens is 203 g/mol. The largest absolute Gasteiger partial charge is 0.309 e. The van der Waals surface area contributed by atoms with Crippen molar-refractivity contribution in [2.24, 2.45) is 0 Å². The fourth-order valence-electron chi connectivity index (χ4n) is 2.23. The highest BCUT2D eigenvalue weighted by atomic mass is 19.1. The van der Waals surface area contributed by atoms with Crippen LogP contribution in [0.25, 0.3) is 0 Å². The van der Waals surface area contributed by atoms with Crippen LogP contribution in [0.2, 0.25) is 0 Å². The third-order valence-electron chi connectivity index (χ3n) is 2.97. The number of nitrogens with one attached hydrogen (secondary N) is 1. The highest BCUT2D eigenvalue weighted by Gasteiger charge is 2.25. The standard InChI is InChI=1S/C13H19FN2/c1-13(2)10-16(8-7-15-13)9-11-3-5-12(14)6-4-11/h3-6,15H,7-10H2,1-2H3. The molecule has 0 atom stereocenters. The van der Waals surface area contributed by atoms with Crippen LogP contribution in [0.1, 0.15) is 19.4 Å². The van der Waals surface area contributed by atoms with Crippen molar-refractivity contribution in [3.63, 3.8) is 0 Å². The maximum Gasteiger partial charge on any atom is 0.123 e. The molecule has 2 nitrogen and oxygen atoms in total.